The Hall–Kier alpha value is -1.85. The minimum absolute atomic E-state index is 0.124. The molecule has 0 unspecified atom stereocenters. The van der Waals surface area contributed by atoms with Gasteiger partial charge in [-0.25, -0.2) is 8.42 Å². The largest absolute Gasteiger partial charge is 0.392 e. The molecule has 5 heteroatoms. The third kappa shape index (κ3) is 4.06. The predicted molar refractivity (Wildman–Crippen MR) is 83.6 cm³/mol. The highest BCUT2D eigenvalue weighted by atomic mass is 32.2. The number of hydrogen-bond acceptors (Lipinski definition) is 3. The number of benzene rings is 2. The Morgan fingerprint density at radius 1 is 1.05 bits per heavy atom. The van der Waals surface area contributed by atoms with Crippen molar-refractivity contribution in [1.82, 2.24) is 0 Å². The molecule has 2 aromatic rings. The van der Waals surface area contributed by atoms with Gasteiger partial charge in [-0.05, 0) is 41.8 Å². The first kappa shape index (κ1) is 15.5. The van der Waals surface area contributed by atoms with E-state index in [0.717, 1.165) is 18.4 Å². The van der Waals surface area contributed by atoms with E-state index >= 15 is 0 Å². The fourth-order valence-corrected chi connectivity index (χ4v) is 3.12. The number of anilines is 1. The van der Waals surface area contributed by atoms with Crippen molar-refractivity contribution >= 4 is 15.7 Å². The lowest BCUT2D eigenvalue weighted by atomic mass is 10.1. The summed E-state index contributed by atoms with van der Waals surface area (Å²) >= 11 is 0. The monoisotopic (exact) mass is 305 g/mol. The summed E-state index contributed by atoms with van der Waals surface area (Å²) < 4.78 is 27.1. The van der Waals surface area contributed by atoms with Gasteiger partial charge in [-0.15, -0.1) is 0 Å². The van der Waals surface area contributed by atoms with Crippen molar-refractivity contribution in [2.24, 2.45) is 0 Å². The second-order valence-electron chi connectivity index (χ2n) is 4.86. The Balaban J connectivity index is 2.21. The smallest absolute Gasteiger partial charge is 0.261 e. The lowest BCUT2D eigenvalue weighted by Crippen LogP contribution is -2.13. The van der Waals surface area contributed by atoms with E-state index in [1.54, 1.807) is 36.4 Å². The van der Waals surface area contributed by atoms with E-state index in [-0.39, 0.29) is 11.5 Å². The molecule has 0 saturated heterocycles. The number of hydrogen-bond donors (Lipinski definition) is 2. The van der Waals surface area contributed by atoms with Crippen LogP contribution in [-0.4, -0.2) is 13.5 Å². The van der Waals surface area contributed by atoms with E-state index in [1.165, 1.54) is 0 Å². The Kier molecular flexibility index (Phi) is 4.98. The fourth-order valence-electron chi connectivity index (χ4n) is 2.07. The molecular weight excluding hydrogens is 286 g/mol. The molecular formula is C16H19NO3S. The first-order valence-corrected chi connectivity index (χ1v) is 8.35. The van der Waals surface area contributed by atoms with Crippen LogP contribution in [-0.2, 0) is 23.1 Å². The van der Waals surface area contributed by atoms with Gasteiger partial charge in [-0.3, -0.25) is 4.72 Å². The molecule has 2 aromatic carbocycles. The van der Waals surface area contributed by atoms with Crippen LogP contribution in [0.15, 0.2) is 53.4 Å². The zero-order valence-corrected chi connectivity index (χ0v) is 12.7. The number of sulfonamides is 1. The summed E-state index contributed by atoms with van der Waals surface area (Å²) in [5.74, 6) is 0. The van der Waals surface area contributed by atoms with Gasteiger partial charge in [0.2, 0.25) is 0 Å². The number of aliphatic hydroxyl groups excluding tert-OH is 1. The molecule has 2 rings (SSSR count). The summed E-state index contributed by atoms with van der Waals surface area (Å²) in [6.07, 6.45) is 1.96. The van der Waals surface area contributed by atoms with Crippen molar-refractivity contribution in [3.8, 4) is 0 Å². The van der Waals surface area contributed by atoms with E-state index < -0.39 is 10.0 Å². The number of aliphatic hydroxyl groups is 1. The summed E-state index contributed by atoms with van der Waals surface area (Å²) in [4.78, 5) is 0.233. The van der Waals surface area contributed by atoms with Gasteiger partial charge in [0.05, 0.1) is 11.5 Å². The molecule has 4 nitrogen and oxygen atoms in total. The van der Waals surface area contributed by atoms with Crippen molar-refractivity contribution in [1.29, 1.82) is 0 Å². The van der Waals surface area contributed by atoms with Crippen molar-refractivity contribution in [2.75, 3.05) is 4.72 Å². The summed E-state index contributed by atoms with van der Waals surface area (Å²) in [5, 5.41) is 9.08. The Morgan fingerprint density at radius 2 is 1.76 bits per heavy atom. The summed E-state index contributed by atoms with van der Waals surface area (Å²) in [5.41, 5.74) is 2.23. The fraction of sp³-hybridized carbons (Fsp3) is 0.250. The maximum atomic E-state index is 12.3. The molecule has 112 valence electrons. The normalized spacial score (nSPS) is 11.3. The topological polar surface area (TPSA) is 66.4 Å². The molecule has 0 heterocycles. The SMILES string of the molecule is CCCc1ccc(S(=O)(=O)Nc2cccc(CO)c2)cc1. The minimum Gasteiger partial charge on any atom is -0.392 e. The van der Waals surface area contributed by atoms with Gasteiger partial charge in [0.1, 0.15) is 0 Å². The van der Waals surface area contributed by atoms with Gasteiger partial charge in [-0.2, -0.15) is 0 Å². The van der Waals surface area contributed by atoms with Crippen LogP contribution in [0.25, 0.3) is 0 Å². The third-order valence-electron chi connectivity index (χ3n) is 3.13. The lowest BCUT2D eigenvalue weighted by Gasteiger charge is -2.09. The Bertz CT molecular complexity index is 694. The molecule has 0 amide bonds. The molecule has 21 heavy (non-hydrogen) atoms. The van der Waals surface area contributed by atoms with E-state index in [1.807, 2.05) is 12.1 Å². The van der Waals surface area contributed by atoms with Crippen LogP contribution in [0.5, 0.6) is 0 Å². The lowest BCUT2D eigenvalue weighted by molar-refractivity contribution is 0.282. The number of rotatable bonds is 6. The Labute approximate surface area is 125 Å². The molecule has 0 aliphatic heterocycles. The van der Waals surface area contributed by atoms with Crippen LogP contribution in [0.2, 0.25) is 0 Å². The number of nitrogens with one attached hydrogen (secondary N) is 1. The van der Waals surface area contributed by atoms with Crippen LogP contribution in [0.1, 0.15) is 24.5 Å². The first-order chi connectivity index (χ1) is 10.0. The number of aryl methyl sites for hydroxylation is 1. The first-order valence-electron chi connectivity index (χ1n) is 6.86. The molecule has 0 radical (unpaired) electrons. The highest BCUT2D eigenvalue weighted by Crippen LogP contribution is 2.18. The molecule has 0 aliphatic carbocycles. The highest BCUT2D eigenvalue weighted by Gasteiger charge is 2.14. The molecule has 2 N–H and O–H groups in total. The molecule has 0 spiro atoms. The molecule has 0 fully saturated rings. The van der Waals surface area contributed by atoms with Crippen LogP contribution >= 0.6 is 0 Å². The van der Waals surface area contributed by atoms with Crippen LogP contribution < -0.4 is 4.72 Å². The maximum Gasteiger partial charge on any atom is 0.261 e. The quantitative estimate of drug-likeness (QED) is 0.862. The van der Waals surface area contributed by atoms with Crippen molar-refractivity contribution in [3.63, 3.8) is 0 Å². The average Bonchev–Trinajstić information content (AvgIpc) is 2.48. The second-order valence-corrected chi connectivity index (χ2v) is 6.54. The molecule has 0 atom stereocenters. The van der Waals surface area contributed by atoms with Gasteiger partial charge in [0, 0.05) is 5.69 Å². The maximum absolute atomic E-state index is 12.3. The molecule has 0 aliphatic rings. The molecule has 0 bridgehead atoms. The summed E-state index contributed by atoms with van der Waals surface area (Å²) in [6, 6.07) is 13.6. The second kappa shape index (κ2) is 6.74. The van der Waals surface area contributed by atoms with Gasteiger partial charge >= 0.3 is 0 Å². The zero-order valence-electron chi connectivity index (χ0n) is 11.9. The van der Waals surface area contributed by atoms with Gasteiger partial charge in [0.15, 0.2) is 0 Å². The van der Waals surface area contributed by atoms with E-state index in [0.29, 0.717) is 11.3 Å². The minimum atomic E-state index is -3.60. The predicted octanol–water partition coefficient (Wildman–Crippen LogP) is 2.93. The van der Waals surface area contributed by atoms with Crippen molar-refractivity contribution < 1.29 is 13.5 Å². The highest BCUT2D eigenvalue weighted by molar-refractivity contribution is 7.92. The van der Waals surface area contributed by atoms with Crippen molar-refractivity contribution in [2.45, 2.75) is 31.3 Å². The summed E-state index contributed by atoms with van der Waals surface area (Å²) in [6.45, 7) is 1.96. The molecule has 0 saturated carbocycles. The van der Waals surface area contributed by atoms with Crippen LogP contribution in [0.4, 0.5) is 5.69 Å². The summed E-state index contributed by atoms with van der Waals surface area (Å²) in [7, 11) is -3.60. The zero-order chi connectivity index (χ0) is 15.3. The Morgan fingerprint density at radius 3 is 2.38 bits per heavy atom. The van der Waals surface area contributed by atoms with Crippen molar-refractivity contribution in [3.05, 3.63) is 59.7 Å². The van der Waals surface area contributed by atoms with E-state index in [4.69, 9.17) is 5.11 Å². The standard InChI is InChI=1S/C16H19NO3S/c1-2-4-13-7-9-16(10-8-13)21(19,20)17-15-6-3-5-14(11-15)12-18/h3,5-11,17-18H,2,4,12H2,1H3. The van der Waals surface area contributed by atoms with Crippen LogP contribution in [0, 0.1) is 0 Å². The van der Waals surface area contributed by atoms with Crippen LogP contribution in [0.3, 0.4) is 0 Å². The van der Waals surface area contributed by atoms with E-state index in [9.17, 15) is 8.42 Å². The van der Waals surface area contributed by atoms with Gasteiger partial charge in [0.25, 0.3) is 10.0 Å². The van der Waals surface area contributed by atoms with Gasteiger partial charge in [-0.1, -0.05) is 37.6 Å². The van der Waals surface area contributed by atoms with E-state index in [2.05, 4.69) is 11.6 Å². The van der Waals surface area contributed by atoms with Gasteiger partial charge < -0.3 is 5.11 Å². The molecule has 0 aromatic heterocycles. The third-order valence-corrected chi connectivity index (χ3v) is 4.53. The average molecular weight is 305 g/mol.